The van der Waals surface area contributed by atoms with Gasteiger partial charge in [-0.05, 0) is 51.9 Å². The number of fused-ring (bicyclic) bond motifs is 1. The van der Waals surface area contributed by atoms with Gasteiger partial charge in [0.1, 0.15) is 5.75 Å². The van der Waals surface area contributed by atoms with Gasteiger partial charge in [-0.15, -0.1) is 0 Å². The van der Waals surface area contributed by atoms with Crippen molar-refractivity contribution >= 4 is 51.4 Å². The largest absolute Gasteiger partial charge is 0.495 e. The number of nitrogens with zero attached hydrogens (tertiary/aromatic N) is 1. The van der Waals surface area contributed by atoms with Crippen LogP contribution in [-0.4, -0.2) is 23.2 Å². The van der Waals surface area contributed by atoms with Gasteiger partial charge >= 0.3 is 0 Å². The Balaban J connectivity index is 1.61. The van der Waals surface area contributed by atoms with Crippen molar-refractivity contribution in [3.05, 3.63) is 81.7 Å². The molecule has 140 valence electrons. The van der Waals surface area contributed by atoms with E-state index in [0.717, 1.165) is 33.7 Å². The van der Waals surface area contributed by atoms with Crippen LogP contribution in [-0.2, 0) is 11.3 Å². The van der Waals surface area contributed by atoms with Crippen LogP contribution < -0.4 is 4.74 Å². The van der Waals surface area contributed by atoms with Gasteiger partial charge in [0.2, 0.25) is 0 Å². The highest BCUT2D eigenvalue weighted by Crippen LogP contribution is 2.35. The predicted octanol–water partition coefficient (Wildman–Crippen LogP) is 5.74. The average Bonchev–Trinajstić information content (AvgIpc) is 2.96. The van der Waals surface area contributed by atoms with Gasteiger partial charge < -0.3 is 4.74 Å². The molecule has 1 fully saturated rings. The van der Waals surface area contributed by atoms with E-state index in [2.05, 4.69) is 0 Å². The van der Waals surface area contributed by atoms with Gasteiger partial charge in [-0.25, -0.2) is 0 Å². The van der Waals surface area contributed by atoms with Gasteiger partial charge in [0.25, 0.3) is 11.1 Å². The van der Waals surface area contributed by atoms with Gasteiger partial charge in [-0.2, -0.15) is 0 Å². The minimum atomic E-state index is -0.296. The lowest BCUT2D eigenvalue weighted by Gasteiger charge is -2.14. The zero-order chi connectivity index (χ0) is 19.7. The number of rotatable bonds is 4. The van der Waals surface area contributed by atoms with Crippen molar-refractivity contribution in [1.29, 1.82) is 0 Å². The fraction of sp³-hybridized carbons (Fsp3) is 0.0909. The summed E-state index contributed by atoms with van der Waals surface area (Å²) in [5.41, 5.74) is 1.68. The quantitative estimate of drug-likeness (QED) is 0.515. The molecule has 6 heteroatoms. The van der Waals surface area contributed by atoms with Crippen molar-refractivity contribution in [2.45, 2.75) is 6.54 Å². The first kappa shape index (κ1) is 18.6. The molecule has 3 aromatic carbocycles. The number of hydrogen-bond donors (Lipinski definition) is 0. The number of thioether (sulfide) groups is 1. The number of halogens is 1. The Morgan fingerprint density at radius 2 is 1.86 bits per heavy atom. The molecule has 0 atom stereocenters. The number of ether oxygens (including phenoxy) is 1. The lowest BCUT2D eigenvalue weighted by atomic mass is 10.0. The Kier molecular flexibility index (Phi) is 5.11. The first-order valence-corrected chi connectivity index (χ1v) is 9.82. The van der Waals surface area contributed by atoms with E-state index in [0.29, 0.717) is 15.7 Å². The van der Waals surface area contributed by atoms with Crippen LogP contribution >= 0.6 is 23.4 Å². The number of amides is 2. The lowest BCUT2D eigenvalue weighted by Crippen LogP contribution is -2.27. The maximum absolute atomic E-state index is 12.8. The summed E-state index contributed by atoms with van der Waals surface area (Å²) >= 11 is 7.09. The number of imide groups is 1. The van der Waals surface area contributed by atoms with Crippen molar-refractivity contribution in [1.82, 2.24) is 4.90 Å². The zero-order valence-electron chi connectivity index (χ0n) is 15.0. The van der Waals surface area contributed by atoms with E-state index < -0.39 is 0 Å². The summed E-state index contributed by atoms with van der Waals surface area (Å²) in [4.78, 5) is 27.0. The predicted molar refractivity (Wildman–Crippen MR) is 113 cm³/mol. The van der Waals surface area contributed by atoms with Crippen LogP contribution in [0.2, 0.25) is 5.02 Å². The minimum absolute atomic E-state index is 0.243. The smallest absolute Gasteiger partial charge is 0.293 e. The van der Waals surface area contributed by atoms with E-state index in [1.165, 1.54) is 4.90 Å². The number of carbonyl (C=O) groups excluding carboxylic acids is 2. The average molecular weight is 410 g/mol. The SMILES string of the molecule is COc1ccc(/C=C2/SC(=O)N(Cc3cccc4ccccc34)C2=O)cc1Cl. The molecule has 28 heavy (non-hydrogen) atoms. The maximum atomic E-state index is 12.8. The van der Waals surface area contributed by atoms with Crippen LogP contribution in [0.5, 0.6) is 5.75 Å². The van der Waals surface area contributed by atoms with Crippen molar-refractivity contribution in [3.8, 4) is 5.75 Å². The fourth-order valence-corrected chi connectivity index (χ4v) is 4.27. The lowest BCUT2D eigenvalue weighted by molar-refractivity contribution is -0.123. The van der Waals surface area contributed by atoms with Gasteiger partial charge in [-0.3, -0.25) is 14.5 Å². The molecule has 2 amide bonds. The van der Waals surface area contributed by atoms with Crippen molar-refractivity contribution in [3.63, 3.8) is 0 Å². The van der Waals surface area contributed by atoms with Crippen LogP contribution in [0.15, 0.2) is 65.6 Å². The third-order valence-corrected chi connectivity index (χ3v) is 5.76. The van der Waals surface area contributed by atoms with E-state index in [-0.39, 0.29) is 17.7 Å². The summed E-state index contributed by atoms with van der Waals surface area (Å²) in [6.07, 6.45) is 1.68. The van der Waals surface area contributed by atoms with Gasteiger partial charge in [0.15, 0.2) is 0 Å². The number of carbonyl (C=O) groups is 2. The molecular weight excluding hydrogens is 394 g/mol. The molecule has 0 radical (unpaired) electrons. The summed E-state index contributed by atoms with van der Waals surface area (Å²) in [6.45, 7) is 0.243. The van der Waals surface area contributed by atoms with E-state index in [4.69, 9.17) is 16.3 Å². The highest BCUT2D eigenvalue weighted by molar-refractivity contribution is 8.18. The second-order valence-electron chi connectivity index (χ2n) is 6.30. The highest BCUT2D eigenvalue weighted by atomic mass is 35.5. The molecule has 0 bridgehead atoms. The van der Waals surface area contributed by atoms with Crippen molar-refractivity contribution < 1.29 is 14.3 Å². The van der Waals surface area contributed by atoms with Gasteiger partial charge in [0, 0.05) is 0 Å². The van der Waals surface area contributed by atoms with Crippen LogP contribution in [0.3, 0.4) is 0 Å². The third kappa shape index (κ3) is 3.51. The monoisotopic (exact) mass is 409 g/mol. The Morgan fingerprint density at radius 3 is 2.64 bits per heavy atom. The molecular formula is C22H16ClNO3S. The third-order valence-electron chi connectivity index (χ3n) is 4.56. The van der Waals surface area contributed by atoms with E-state index in [1.54, 1.807) is 31.4 Å². The van der Waals surface area contributed by atoms with Crippen LogP contribution in [0.1, 0.15) is 11.1 Å². The number of hydrogen-bond acceptors (Lipinski definition) is 4. The molecule has 1 aliphatic rings. The first-order valence-electron chi connectivity index (χ1n) is 8.62. The van der Waals surface area contributed by atoms with Crippen molar-refractivity contribution in [2.24, 2.45) is 0 Å². The van der Waals surface area contributed by atoms with Gasteiger partial charge in [0.05, 0.1) is 23.6 Å². The molecule has 0 spiro atoms. The topological polar surface area (TPSA) is 46.6 Å². The highest BCUT2D eigenvalue weighted by Gasteiger charge is 2.35. The first-order chi connectivity index (χ1) is 13.6. The standard InChI is InChI=1S/C22H16ClNO3S/c1-27-19-10-9-14(11-18(19)23)12-20-21(25)24(22(26)28-20)13-16-7-4-6-15-5-2-3-8-17(15)16/h2-12H,13H2,1H3/b20-12+. The molecule has 0 aromatic heterocycles. The Labute approximate surface area is 171 Å². The molecule has 1 aliphatic heterocycles. The Morgan fingerprint density at radius 1 is 1.07 bits per heavy atom. The molecule has 0 aliphatic carbocycles. The molecule has 0 saturated carbocycles. The van der Waals surface area contributed by atoms with Gasteiger partial charge in [-0.1, -0.05) is 60.1 Å². The normalized spacial score (nSPS) is 15.6. The maximum Gasteiger partial charge on any atom is 0.293 e. The van der Waals surface area contributed by atoms with Crippen LogP contribution in [0, 0.1) is 0 Å². The number of benzene rings is 3. The zero-order valence-corrected chi connectivity index (χ0v) is 16.6. The molecule has 3 aromatic rings. The molecule has 0 N–H and O–H groups in total. The second-order valence-corrected chi connectivity index (χ2v) is 7.70. The fourth-order valence-electron chi connectivity index (χ4n) is 3.16. The molecule has 1 heterocycles. The molecule has 1 saturated heterocycles. The van der Waals surface area contributed by atoms with Crippen LogP contribution in [0.4, 0.5) is 4.79 Å². The molecule has 4 rings (SSSR count). The summed E-state index contributed by atoms with van der Waals surface area (Å²) < 4.78 is 5.14. The summed E-state index contributed by atoms with van der Waals surface area (Å²) in [7, 11) is 1.54. The summed E-state index contributed by atoms with van der Waals surface area (Å²) in [6, 6.07) is 19.1. The summed E-state index contributed by atoms with van der Waals surface area (Å²) in [5.74, 6) is 0.262. The van der Waals surface area contributed by atoms with E-state index in [1.807, 2.05) is 42.5 Å². The summed E-state index contributed by atoms with van der Waals surface area (Å²) in [5, 5.41) is 2.29. The molecule has 0 unspecified atom stereocenters. The minimum Gasteiger partial charge on any atom is -0.495 e. The molecule has 4 nitrogen and oxygen atoms in total. The number of methoxy groups -OCH3 is 1. The van der Waals surface area contributed by atoms with E-state index >= 15 is 0 Å². The van der Waals surface area contributed by atoms with Crippen molar-refractivity contribution in [2.75, 3.05) is 7.11 Å². The Hall–Kier alpha value is -2.76. The second kappa shape index (κ2) is 7.70. The Bertz CT molecular complexity index is 1120. The van der Waals surface area contributed by atoms with Crippen LogP contribution in [0.25, 0.3) is 16.8 Å². The van der Waals surface area contributed by atoms with E-state index in [9.17, 15) is 9.59 Å².